The predicted molar refractivity (Wildman–Crippen MR) is 47.0 cm³/mol. The van der Waals surface area contributed by atoms with Crippen molar-refractivity contribution >= 4 is 11.9 Å². The van der Waals surface area contributed by atoms with E-state index in [0.717, 1.165) is 0 Å². The third-order valence-electron chi connectivity index (χ3n) is 1.94. The Morgan fingerprint density at radius 3 is 2.46 bits per heavy atom. The molecule has 13 heavy (non-hydrogen) atoms. The van der Waals surface area contributed by atoms with E-state index in [2.05, 4.69) is 4.74 Å². The summed E-state index contributed by atoms with van der Waals surface area (Å²) < 4.78 is 4.44. The Labute approximate surface area is 77.2 Å². The van der Waals surface area contributed by atoms with Crippen molar-refractivity contribution in [3.63, 3.8) is 0 Å². The molecular weight excluding hydrogens is 170 g/mol. The van der Waals surface area contributed by atoms with Crippen LogP contribution in [0, 0.1) is 0 Å². The van der Waals surface area contributed by atoms with E-state index in [4.69, 9.17) is 0 Å². The number of esters is 1. The van der Waals surface area contributed by atoms with E-state index in [0.29, 0.717) is 13.1 Å². The van der Waals surface area contributed by atoms with Crippen LogP contribution < -0.4 is 0 Å². The molecule has 1 rings (SSSR count). The predicted octanol–water partition coefficient (Wildman–Crippen LogP) is 0.338. The zero-order valence-corrected chi connectivity index (χ0v) is 7.66. The Morgan fingerprint density at radius 1 is 1.31 bits per heavy atom. The summed E-state index contributed by atoms with van der Waals surface area (Å²) >= 11 is 0. The fourth-order valence-electron chi connectivity index (χ4n) is 1.15. The maximum absolute atomic E-state index is 11.3. The van der Waals surface area contributed by atoms with Crippen LogP contribution in [-0.2, 0) is 14.3 Å². The summed E-state index contributed by atoms with van der Waals surface area (Å²) in [6.45, 7) is 1.33. The molecule has 1 amide bonds. The monoisotopic (exact) mass is 183 g/mol. The molecule has 0 aliphatic carbocycles. The summed E-state index contributed by atoms with van der Waals surface area (Å²) in [5, 5.41) is 0. The quantitative estimate of drug-likeness (QED) is 0.468. The van der Waals surface area contributed by atoms with Gasteiger partial charge in [-0.1, -0.05) is 12.2 Å². The van der Waals surface area contributed by atoms with Crippen LogP contribution in [0.25, 0.3) is 0 Å². The highest BCUT2D eigenvalue weighted by atomic mass is 16.5. The lowest BCUT2D eigenvalue weighted by Gasteiger charge is -2.14. The first-order valence-corrected chi connectivity index (χ1v) is 4.23. The zero-order chi connectivity index (χ0) is 9.68. The number of hydrogen-bond donors (Lipinski definition) is 0. The van der Waals surface area contributed by atoms with Gasteiger partial charge in [0.25, 0.3) is 0 Å². The number of methoxy groups -OCH3 is 1. The summed E-state index contributed by atoms with van der Waals surface area (Å²) in [6.07, 6.45) is 4.30. The first-order chi connectivity index (χ1) is 6.24. The van der Waals surface area contributed by atoms with Gasteiger partial charge < -0.3 is 9.64 Å². The third kappa shape index (κ3) is 2.89. The Morgan fingerprint density at radius 2 is 1.92 bits per heavy atom. The van der Waals surface area contributed by atoms with Crippen molar-refractivity contribution in [1.82, 2.24) is 4.90 Å². The molecule has 72 valence electrons. The highest BCUT2D eigenvalue weighted by Crippen LogP contribution is 2.03. The highest BCUT2D eigenvalue weighted by molar-refractivity contribution is 5.81. The van der Waals surface area contributed by atoms with Crippen LogP contribution in [-0.4, -0.2) is 37.0 Å². The Balaban J connectivity index is 2.21. The van der Waals surface area contributed by atoms with E-state index in [-0.39, 0.29) is 24.7 Å². The van der Waals surface area contributed by atoms with Crippen molar-refractivity contribution < 1.29 is 14.3 Å². The maximum Gasteiger partial charge on any atom is 0.306 e. The van der Waals surface area contributed by atoms with Crippen molar-refractivity contribution in [3.8, 4) is 0 Å². The van der Waals surface area contributed by atoms with Crippen LogP contribution in [0.5, 0.6) is 0 Å². The largest absolute Gasteiger partial charge is 0.469 e. The van der Waals surface area contributed by atoms with Gasteiger partial charge in [0.05, 0.1) is 13.5 Å². The molecule has 0 aromatic rings. The lowest BCUT2D eigenvalue weighted by Crippen LogP contribution is -2.28. The van der Waals surface area contributed by atoms with Gasteiger partial charge in [-0.25, -0.2) is 0 Å². The molecule has 0 spiro atoms. The van der Waals surface area contributed by atoms with Gasteiger partial charge in [0.1, 0.15) is 0 Å². The van der Waals surface area contributed by atoms with Gasteiger partial charge in [-0.15, -0.1) is 0 Å². The highest BCUT2D eigenvalue weighted by Gasteiger charge is 2.15. The molecule has 0 N–H and O–H groups in total. The molecule has 4 nitrogen and oxygen atoms in total. The molecule has 1 aliphatic rings. The number of nitrogens with zero attached hydrogens (tertiary/aromatic N) is 1. The van der Waals surface area contributed by atoms with Gasteiger partial charge in [-0.2, -0.15) is 0 Å². The second-order valence-electron chi connectivity index (χ2n) is 2.85. The van der Waals surface area contributed by atoms with Gasteiger partial charge in [-0.05, 0) is 0 Å². The molecule has 0 aromatic carbocycles. The minimum absolute atomic E-state index is 0.00963. The molecule has 0 bridgehead atoms. The van der Waals surface area contributed by atoms with Crippen LogP contribution in [0.3, 0.4) is 0 Å². The van der Waals surface area contributed by atoms with E-state index in [1.54, 1.807) is 4.90 Å². The molecule has 0 atom stereocenters. The van der Waals surface area contributed by atoms with Gasteiger partial charge in [0.2, 0.25) is 5.91 Å². The van der Waals surface area contributed by atoms with Crippen LogP contribution >= 0.6 is 0 Å². The number of ether oxygens (including phenoxy) is 1. The lowest BCUT2D eigenvalue weighted by atomic mass is 10.3. The molecule has 0 aromatic heterocycles. The number of carbonyl (C=O) groups is 2. The van der Waals surface area contributed by atoms with E-state index in [1.165, 1.54) is 7.11 Å². The standard InChI is InChI=1S/C9H13NO3/c1-13-9(12)5-4-8(11)10-6-2-3-7-10/h2-3H,4-7H2,1H3. The van der Waals surface area contributed by atoms with E-state index < -0.39 is 0 Å². The number of amides is 1. The Hall–Kier alpha value is -1.32. The first kappa shape index (κ1) is 9.77. The third-order valence-corrected chi connectivity index (χ3v) is 1.94. The molecule has 0 saturated carbocycles. The van der Waals surface area contributed by atoms with Crippen molar-refractivity contribution in [2.24, 2.45) is 0 Å². The fourth-order valence-corrected chi connectivity index (χ4v) is 1.15. The summed E-state index contributed by atoms with van der Waals surface area (Å²) in [4.78, 5) is 23.8. The van der Waals surface area contributed by atoms with Crippen LogP contribution in [0.4, 0.5) is 0 Å². The average molecular weight is 183 g/mol. The second-order valence-corrected chi connectivity index (χ2v) is 2.85. The molecule has 1 aliphatic heterocycles. The van der Waals surface area contributed by atoms with E-state index in [1.807, 2.05) is 12.2 Å². The van der Waals surface area contributed by atoms with Crippen molar-refractivity contribution in [3.05, 3.63) is 12.2 Å². The Bertz CT molecular complexity index is 227. The van der Waals surface area contributed by atoms with Crippen LogP contribution in [0.15, 0.2) is 12.2 Å². The molecule has 0 fully saturated rings. The number of rotatable bonds is 3. The Kier molecular flexibility index (Phi) is 3.49. The fraction of sp³-hybridized carbons (Fsp3) is 0.556. The van der Waals surface area contributed by atoms with Crippen LogP contribution in [0.1, 0.15) is 12.8 Å². The zero-order valence-electron chi connectivity index (χ0n) is 7.66. The minimum atomic E-state index is -0.333. The first-order valence-electron chi connectivity index (χ1n) is 4.23. The average Bonchev–Trinajstić information content (AvgIpc) is 2.66. The van der Waals surface area contributed by atoms with Crippen molar-refractivity contribution in [1.29, 1.82) is 0 Å². The van der Waals surface area contributed by atoms with Gasteiger partial charge in [0.15, 0.2) is 0 Å². The minimum Gasteiger partial charge on any atom is -0.469 e. The summed E-state index contributed by atoms with van der Waals surface area (Å²) in [5.74, 6) is -0.323. The lowest BCUT2D eigenvalue weighted by molar-refractivity contribution is -0.143. The molecule has 1 heterocycles. The second kappa shape index (κ2) is 4.64. The maximum atomic E-state index is 11.3. The SMILES string of the molecule is COC(=O)CCC(=O)N1CC=CC1. The number of hydrogen-bond acceptors (Lipinski definition) is 3. The van der Waals surface area contributed by atoms with Gasteiger partial charge >= 0.3 is 5.97 Å². The molecule has 0 unspecified atom stereocenters. The smallest absolute Gasteiger partial charge is 0.306 e. The summed E-state index contributed by atoms with van der Waals surface area (Å²) in [6, 6.07) is 0. The summed E-state index contributed by atoms with van der Waals surface area (Å²) in [7, 11) is 1.32. The van der Waals surface area contributed by atoms with Crippen molar-refractivity contribution in [2.45, 2.75) is 12.8 Å². The van der Waals surface area contributed by atoms with E-state index >= 15 is 0 Å². The summed E-state index contributed by atoms with van der Waals surface area (Å²) in [5.41, 5.74) is 0. The molecular formula is C9H13NO3. The van der Waals surface area contributed by atoms with Crippen molar-refractivity contribution in [2.75, 3.05) is 20.2 Å². The molecule has 4 heteroatoms. The van der Waals surface area contributed by atoms with E-state index in [9.17, 15) is 9.59 Å². The molecule has 0 saturated heterocycles. The van der Waals surface area contributed by atoms with Gasteiger partial charge in [-0.3, -0.25) is 9.59 Å². The number of carbonyl (C=O) groups excluding carboxylic acids is 2. The molecule has 0 radical (unpaired) electrons. The van der Waals surface area contributed by atoms with Crippen LogP contribution in [0.2, 0.25) is 0 Å². The normalized spacial score (nSPS) is 14.7. The topological polar surface area (TPSA) is 46.6 Å². The van der Waals surface area contributed by atoms with Gasteiger partial charge in [0, 0.05) is 19.5 Å².